The van der Waals surface area contributed by atoms with Crippen molar-refractivity contribution in [2.24, 2.45) is 0 Å². The summed E-state index contributed by atoms with van der Waals surface area (Å²) in [5, 5.41) is 10.2. The molecule has 1 aromatic carbocycles. The number of carbonyl (C=O) groups is 1. The average molecular weight is 384 g/mol. The number of sulfonamides is 1. The van der Waals surface area contributed by atoms with E-state index in [9.17, 15) is 13.2 Å². The number of aromatic amines is 1. The molecule has 0 saturated carbocycles. The Morgan fingerprint density at radius 1 is 1.28 bits per heavy atom. The monoisotopic (exact) mass is 383 g/mol. The van der Waals surface area contributed by atoms with Crippen LogP contribution in [0.3, 0.4) is 0 Å². The first-order chi connectivity index (χ1) is 11.8. The number of nitrogens with zero attached hydrogens (tertiary/aromatic N) is 4. The van der Waals surface area contributed by atoms with E-state index in [4.69, 9.17) is 11.6 Å². The van der Waals surface area contributed by atoms with Crippen molar-refractivity contribution in [3.05, 3.63) is 41.2 Å². The number of amides is 1. The van der Waals surface area contributed by atoms with Crippen molar-refractivity contribution in [2.45, 2.75) is 30.8 Å². The lowest BCUT2D eigenvalue weighted by Gasteiger charge is -2.43. The maximum atomic E-state index is 12.9. The van der Waals surface area contributed by atoms with Gasteiger partial charge in [-0.1, -0.05) is 22.9 Å². The highest BCUT2D eigenvalue weighted by atomic mass is 35.5. The van der Waals surface area contributed by atoms with Crippen LogP contribution in [0.5, 0.6) is 0 Å². The molecule has 0 bridgehead atoms. The van der Waals surface area contributed by atoms with Crippen LogP contribution in [0.25, 0.3) is 0 Å². The van der Waals surface area contributed by atoms with Crippen LogP contribution in [0.4, 0.5) is 0 Å². The summed E-state index contributed by atoms with van der Waals surface area (Å²) in [5.41, 5.74) is 0.213. The number of H-pyrrole nitrogens is 1. The molecule has 1 aliphatic heterocycles. The van der Waals surface area contributed by atoms with Crippen LogP contribution in [0.15, 0.2) is 35.4 Å². The Bertz CT molecular complexity index is 859. The van der Waals surface area contributed by atoms with Gasteiger partial charge in [0, 0.05) is 30.2 Å². The van der Waals surface area contributed by atoms with Crippen molar-refractivity contribution in [1.82, 2.24) is 24.6 Å². The highest BCUT2D eigenvalue weighted by Crippen LogP contribution is 2.25. The molecular weight excluding hydrogens is 366 g/mol. The summed E-state index contributed by atoms with van der Waals surface area (Å²) in [6.45, 7) is 4.02. The molecule has 25 heavy (non-hydrogen) atoms. The van der Waals surface area contributed by atoms with Crippen LogP contribution in [0.1, 0.15) is 24.3 Å². The summed E-state index contributed by atoms with van der Waals surface area (Å²) in [6, 6.07) is 5.57. The second-order valence-corrected chi connectivity index (χ2v) is 8.42. The number of rotatable bonds is 3. The quantitative estimate of drug-likeness (QED) is 0.863. The smallest absolute Gasteiger partial charge is 0.276 e. The Labute approximate surface area is 150 Å². The van der Waals surface area contributed by atoms with Gasteiger partial charge in [0.05, 0.1) is 11.1 Å². The zero-order valence-electron chi connectivity index (χ0n) is 13.8. The van der Waals surface area contributed by atoms with Crippen LogP contribution in [-0.2, 0) is 10.0 Å². The van der Waals surface area contributed by atoms with Gasteiger partial charge in [0.25, 0.3) is 5.91 Å². The largest absolute Gasteiger partial charge is 0.329 e. The van der Waals surface area contributed by atoms with Gasteiger partial charge in [-0.3, -0.25) is 9.89 Å². The molecule has 0 spiro atoms. The number of piperazine rings is 1. The van der Waals surface area contributed by atoms with Crippen molar-refractivity contribution >= 4 is 27.5 Å². The molecule has 1 aliphatic rings. The minimum Gasteiger partial charge on any atom is -0.329 e. The Hall–Kier alpha value is -1.97. The predicted molar refractivity (Wildman–Crippen MR) is 91.7 cm³/mol. The van der Waals surface area contributed by atoms with Crippen molar-refractivity contribution in [1.29, 1.82) is 0 Å². The third kappa shape index (κ3) is 3.39. The fourth-order valence-corrected chi connectivity index (χ4v) is 4.99. The van der Waals surface area contributed by atoms with E-state index in [1.807, 2.05) is 13.8 Å². The van der Waals surface area contributed by atoms with Gasteiger partial charge in [0.2, 0.25) is 10.0 Å². The van der Waals surface area contributed by atoms with Gasteiger partial charge in [-0.15, -0.1) is 5.10 Å². The Morgan fingerprint density at radius 2 is 1.96 bits per heavy atom. The minimum absolute atomic E-state index is 0.149. The molecule has 134 valence electrons. The van der Waals surface area contributed by atoms with E-state index < -0.39 is 10.0 Å². The maximum Gasteiger partial charge on any atom is 0.276 e. The number of halogens is 1. The van der Waals surface area contributed by atoms with Crippen LogP contribution in [0, 0.1) is 0 Å². The summed E-state index contributed by atoms with van der Waals surface area (Å²) in [6.07, 6.45) is 1.43. The van der Waals surface area contributed by atoms with E-state index in [1.54, 1.807) is 17.0 Å². The molecule has 2 atom stereocenters. The molecule has 0 aliphatic carbocycles. The van der Waals surface area contributed by atoms with E-state index in [0.717, 1.165) is 0 Å². The van der Waals surface area contributed by atoms with E-state index in [2.05, 4.69) is 15.4 Å². The molecular formula is C15H18ClN5O3S. The first-order valence-electron chi connectivity index (χ1n) is 7.75. The summed E-state index contributed by atoms with van der Waals surface area (Å²) in [7, 11) is -3.68. The van der Waals surface area contributed by atoms with E-state index in [1.165, 1.54) is 22.6 Å². The molecule has 1 N–H and O–H groups in total. The highest BCUT2D eigenvalue weighted by molar-refractivity contribution is 7.89. The van der Waals surface area contributed by atoms with Gasteiger partial charge < -0.3 is 4.90 Å². The van der Waals surface area contributed by atoms with Gasteiger partial charge in [-0.2, -0.15) is 4.31 Å². The molecule has 3 rings (SSSR count). The van der Waals surface area contributed by atoms with Gasteiger partial charge in [0.1, 0.15) is 0 Å². The van der Waals surface area contributed by atoms with E-state index in [-0.39, 0.29) is 41.7 Å². The lowest BCUT2D eigenvalue weighted by atomic mass is 10.1. The highest BCUT2D eigenvalue weighted by Gasteiger charge is 2.39. The van der Waals surface area contributed by atoms with Gasteiger partial charge in [-0.05, 0) is 32.0 Å². The second-order valence-electron chi connectivity index (χ2n) is 6.05. The lowest BCUT2D eigenvalue weighted by molar-refractivity contribution is 0.0435. The van der Waals surface area contributed by atoms with Gasteiger partial charge >= 0.3 is 0 Å². The number of nitrogens with one attached hydrogen (secondary N) is 1. The van der Waals surface area contributed by atoms with Crippen molar-refractivity contribution in [3.63, 3.8) is 0 Å². The van der Waals surface area contributed by atoms with Crippen LogP contribution in [-0.4, -0.2) is 64.1 Å². The molecule has 1 aromatic heterocycles. The fourth-order valence-electron chi connectivity index (χ4n) is 3.09. The van der Waals surface area contributed by atoms with E-state index in [0.29, 0.717) is 5.02 Å². The Balaban J connectivity index is 1.83. The molecule has 0 unspecified atom stereocenters. The first-order valence-corrected chi connectivity index (χ1v) is 9.57. The molecule has 10 heteroatoms. The Kier molecular flexibility index (Phi) is 4.81. The summed E-state index contributed by atoms with van der Waals surface area (Å²) in [5.74, 6) is -0.270. The molecule has 1 amide bonds. The zero-order chi connectivity index (χ0) is 18.2. The zero-order valence-corrected chi connectivity index (χ0v) is 15.3. The fraction of sp³-hybridized carbons (Fsp3) is 0.400. The summed E-state index contributed by atoms with van der Waals surface area (Å²) in [4.78, 5) is 14.4. The topological polar surface area (TPSA) is 99.3 Å². The lowest BCUT2D eigenvalue weighted by Crippen LogP contribution is -2.59. The predicted octanol–water partition coefficient (Wildman–Crippen LogP) is 1.38. The number of hydrogen-bond acceptors (Lipinski definition) is 5. The number of aromatic nitrogens is 3. The van der Waals surface area contributed by atoms with Crippen molar-refractivity contribution in [2.75, 3.05) is 13.1 Å². The standard InChI is InChI=1S/C15H18ClN5O3S/c1-10-8-20(25(23,24)13-5-3-4-12(16)6-13)9-11(2)21(10)15(22)14-7-17-19-18-14/h3-7,10-11H,8-9H2,1-2H3,(H,17,18,19)/t10-,11+. The van der Waals surface area contributed by atoms with Crippen LogP contribution >= 0.6 is 11.6 Å². The summed E-state index contributed by atoms with van der Waals surface area (Å²) < 4.78 is 27.1. The minimum atomic E-state index is -3.68. The first kappa shape index (κ1) is 17.8. The average Bonchev–Trinajstić information content (AvgIpc) is 3.08. The molecule has 2 aromatic rings. The molecule has 1 saturated heterocycles. The SMILES string of the molecule is C[C@@H]1CN(S(=O)(=O)c2cccc(Cl)c2)C[C@H](C)N1C(=O)c1c[nH]nn1. The second kappa shape index (κ2) is 6.74. The summed E-state index contributed by atoms with van der Waals surface area (Å²) >= 11 is 5.92. The molecule has 8 nitrogen and oxygen atoms in total. The van der Waals surface area contributed by atoms with Crippen LogP contribution in [0.2, 0.25) is 5.02 Å². The number of benzene rings is 1. The normalized spacial score (nSPS) is 22.1. The molecule has 0 radical (unpaired) electrons. The van der Waals surface area contributed by atoms with Crippen LogP contribution < -0.4 is 0 Å². The third-order valence-electron chi connectivity index (χ3n) is 4.19. The van der Waals surface area contributed by atoms with E-state index >= 15 is 0 Å². The maximum absolute atomic E-state index is 12.9. The van der Waals surface area contributed by atoms with Crippen molar-refractivity contribution < 1.29 is 13.2 Å². The number of hydrogen-bond donors (Lipinski definition) is 1. The van der Waals surface area contributed by atoms with Gasteiger partial charge in [0.15, 0.2) is 5.69 Å². The Morgan fingerprint density at radius 3 is 2.52 bits per heavy atom. The van der Waals surface area contributed by atoms with Crippen molar-refractivity contribution in [3.8, 4) is 0 Å². The molecule has 2 heterocycles. The van der Waals surface area contributed by atoms with Gasteiger partial charge in [-0.25, -0.2) is 8.42 Å². The third-order valence-corrected chi connectivity index (χ3v) is 6.25. The number of carbonyl (C=O) groups excluding carboxylic acids is 1. The molecule has 1 fully saturated rings.